The van der Waals surface area contributed by atoms with Crippen molar-refractivity contribution in [2.75, 3.05) is 32.7 Å². The first-order chi connectivity index (χ1) is 5.06. The summed E-state index contributed by atoms with van der Waals surface area (Å²) in [6.07, 6.45) is 0. The van der Waals surface area contributed by atoms with E-state index in [1.54, 1.807) is 0 Å². The summed E-state index contributed by atoms with van der Waals surface area (Å²) < 4.78 is 40.8. The summed E-state index contributed by atoms with van der Waals surface area (Å²) >= 11 is 0. The van der Waals surface area contributed by atoms with Gasteiger partial charge in [0.25, 0.3) is 0 Å². The highest BCUT2D eigenvalue weighted by Gasteiger charge is 2.05. The van der Waals surface area contributed by atoms with Gasteiger partial charge in [-0.05, 0) is 0 Å². The third kappa shape index (κ3) is 9.80. The number of rotatable bonds is 6. The Kier molecular flexibility index (Phi) is 5.35. The molecule has 0 aromatic rings. The lowest BCUT2D eigenvalue weighted by Gasteiger charge is -1.99. The predicted molar refractivity (Wildman–Crippen MR) is 37.6 cm³/mol. The van der Waals surface area contributed by atoms with Crippen LogP contribution in [0.2, 0.25) is 0 Å². The Labute approximate surface area is 65.5 Å². The van der Waals surface area contributed by atoms with E-state index in [2.05, 4.69) is 4.74 Å². The molecule has 0 aliphatic carbocycles. The van der Waals surface area contributed by atoms with Gasteiger partial charge in [0.2, 0.25) is 0 Å². The molecular weight excluding hydrogens is 175 g/mol. The molecule has 0 fully saturated rings. The van der Waals surface area contributed by atoms with E-state index in [1.807, 2.05) is 0 Å². The highest BCUT2D eigenvalue weighted by atomic mass is 32.3. The molecule has 0 rings (SSSR count). The summed E-state index contributed by atoms with van der Waals surface area (Å²) in [5.74, 6) is -0.587. The van der Waals surface area contributed by atoms with Gasteiger partial charge in [0.05, 0.1) is 19.8 Å². The minimum Gasteiger partial charge on any atom is -0.382 e. The Morgan fingerprint density at radius 1 is 1.27 bits per heavy atom. The van der Waals surface area contributed by atoms with Gasteiger partial charge in [0.15, 0.2) is 0 Å². The van der Waals surface area contributed by atoms with Gasteiger partial charge in [-0.15, -0.1) is 3.89 Å². The molecule has 0 aliphatic heterocycles. The molecule has 68 valence electrons. The lowest BCUT2D eigenvalue weighted by Crippen LogP contribution is -2.10. The summed E-state index contributed by atoms with van der Waals surface area (Å²) in [6, 6.07) is 0. The summed E-state index contributed by atoms with van der Waals surface area (Å²) in [5.41, 5.74) is 0. The molecule has 6 heteroatoms. The Morgan fingerprint density at radius 2 is 1.91 bits per heavy atom. The molecule has 0 bridgehead atoms. The van der Waals surface area contributed by atoms with E-state index >= 15 is 0 Å². The quantitative estimate of drug-likeness (QED) is 0.431. The molecule has 0 atom stereocenters. The minimum absolute atomic E-state index is 0.123. The second-order valence-corrected chi connectivity index (χ2v) is 3.33. The number of hydrogen-bond acceptors (Lipinski definition) is 4. The van der Waals surface area contributed by atoms with Crippen molar-refractivity contribution in [1.82, 2.24) is 0 Å². The Morgan fingerprint density at radius 3 is 2.36 bits per heavy atom. The average molecular weight is 186 g/mol. The Balaban J connectivity index is 3.16. The molecule has 0 unspecified atom stereocenters. The minimum atomic E-state index is -4.38. The summed E-state index contributed by atoms with van der Waals surface area (Å²) in [5, 5.41) is 0. The van der Waals surface area contributed by atoms with E-state index in [0.29, 0.717) is 6.61 Å². The van der Waals surface area contributed by atoms with Crippen LogP contribution >= 0.6 is 0 Å². The second-order valence-electron chi connectivity index (χ2n) is 1.85. The van der Waals surface area contributed by atoms with Crippen molar-refractivity contribution in [3.8, 4) is 0 Å². The fraction of sp³-hybridized carbons (Fsp3) is 1.00. The van der Waals surface area contributed by atoms with Crippen molar-refractivity contribution in [2.45, 2.75) is 0 Å². The van der Waals surface area contributed by atoms with Crippen molar-refractivity contribution in [1.29, 1.82) is 0 Å². The van der Waals surface area contributed by atoms with Crippen LogP contribution in [0.4, 0.5) is 3.89 Å². The normalized spacial score (nSPS) is 11.8. The monoisotopic (exact) mass is 186 g/mol. The highest BCUT2D eigenvalue weighted by Crippen LogP contribution is 1.89. The second kappa shape index (κ2) is 5.45. The SMILES string of the molecule is COCCOCCS(=O)(=O)F. The zero-order valence-corrected chi connectivity index (χ0v) is 7.06. The van der Waals surface area contributed by atoms with Crippen molar-refractivity contribution in [2.24, 2.45) is 0 Å². The Hall–Kier alpha value is -0.200. The van der Waals surface area contributed by atoms with Crippen molar-refractivity contribution in [3.63, 3.8) is 0 Å². The molecule has 0 aromatic heterocycles. The molecule has 0 saturated heterocycles. The summed E-state index contributed by atoms with van der Waals surface area (Å²) in [7, 11) is -2.88. The van der Waals surface area contributed by atoms with Crippen LogP contribution in [0.25, 0.3) is 0 Å². The molecule has 0 radical (unpaired) electrons. The van der Waals surface area contributed by atoms with E-state index in [-0.39, 0.29) is 13.2 Å². The fourth-order valence-electron chi connectivity index (χ4n) is 0.403. The van der Waals surface area contributed by atoms with Gasteiger partial charge in [-0.2, -0.15) is 8.42 Å². The van der Waals surface area contributed by atoms with E-state index < -0.39 is 16.0 Å². The van der Waals surface area contributed by atoms with Crippen molar-refractivity contribution in [3.05, 3.63) is 0 Å². The maximum absolute atomic E-state index is 11.8. The van der Waals surface area contributed by atoms with Crippen LogP contribution in [0.1, 0.15) is 0 Å². The summed E-state index contributed by atoms with van der Waals surface area (Å²) in [4.78, 5) is 0. The molecule has 0 saturated carbocycles. The highest BCUT2D eigenvalue weighted by molar-refractivity contribution is 7.86. The van der Waals surface area contributed by atoms with Crippen molar-refractivity contribution < 1.29 is 21.8 Å². The van der Waals surface area contributed by atoms with Gasteiger partial charge in [0, 0.05) is 7.11 Å². The first-order valence-electron chi connectivity index (χ1n) is 3.05. The number of ether oxygens (including phenoxy) is 2. The maximum atomic E-state index is 11.8. The molecule has 0 N–H and O–H groups in total. The molecule has 0 aromatic carbocycles. The number of halogens is 1. The largest absolute Gasteiger partial charge is 0.382 e. The lowest BCUT2D eigenvalue weighted by atomic mass is 10.7. The summed E-state index contributed by atoms with van der Waals surface area (Å²) in [6.45, 7) is 0.542. The van der Waals surface area contributed by atoms with Gasteiger partial charge >= 0.3 is 10.2 Å². The van der Waals surface area contributed by atoms with E-state index in [4.69, 9.17) is 4.74 Å². The third-order valence-corrected chi connectivity index (χ3v) is 1.56. The molecule has 0 heterocycles. The smallest absolute Gasteiger partial charge is 0.304 e. The van der Waals surface area contributed by atoms with Crippen LogP contribution in [-0.4, -0.2) is 41.1 Å². The van der Waals surface area contributed by atoms with Crippen LogP contribution in [0, 0.1) is 0 Å². The maximum Gasteiger partial charge on any atom is 0.304 e. The average Bonchev–Trinajstić information content (AvgIpc) is 1.85. The van der Waals surface area contributed by atoms with E-state index in [9.17, 15) is 12.3 Å². The zero-order valence-electron chi connectivity index (χ0n) is 6.25. The van der Waals surface area contributed by atoms with Crippen molar-refractivity contribution >= 4 is 10.2 Å². The number of hydrogen-bond donors (Lipinski definition) is 0. The molecular formula is C5H11FO4S. The fourth-order valence-corrected chi connectivity index (χ4v) is 0.720. The van der Waals surface area contributed by atoms with Gasteiger partial charge in [-0.1, -0.05) is 0 Å². The topological polar surface area (TPSA) is 52.6 Å². The molecule has 0 amide bonds. The van der Waals surface area contributed by atoms with E-state index in [1.165, 1.54) is 7.11 Å². The van der Waals surface area contributed by atoms with Gasteiger partial charge in [0.1, 0.15) is 5.75 Å². The molecule has 11 heavy (non-hydrogen) atoms. The van der Waals surface area contributed by atoms with E-state index in [0.717, 1.165) is 0 Å². The van der Waals surface area contributed by atoms with Crippen LogP contribution in [0.15, 0.2) is 0 Å². The first-order valence-corrected chi connectivity index (χ1v) is 4.60. The first kappa shape index (κ1) is 10.8. The molecule has 4 nitrogen and oxygen atoms in total. The van der Waals surface area contributed by atoms with Gasteiger partial charge < -0.3 is 9.47 Å². The van der Waals surface area contributed by atoms with Crippen LogP contribution < -0.4 is 0 Å². The van der Waals surface area contributed by atoms with Crippen LogP contribution in [-0.2, 0) is 19.7 Å². The zero-order chi connectivity index (χ0) is 8.74. The predicted octanol–water partition coefficient (Wildman–Crippen LogP) is -0.0513. The van der Waals surface area contributed by atoms with Gasteiger partial charge in [-0.25, -0.2) is 0 Å². The Bertz CT molecular complexity index is 177. The lowest BCUT2D eigenvalue weighted by molar-refractivity contribution is 0.0783. The number of methoxy groups -OCH3 is 1. The molecule has 0 aliphatic rings. The van der Waals surface area contributed by atoms with Crippen LogP contribution in [0.5, 0.6) is 0 Å². The van der Waals surface area contributed by atoms with Gasteiger partial charge in [-0.3, -0.25) is 0 Å². The molecule has 0 spiro atoms. The third-order valence-electron chi connectivity index (χ3n) is 0.903. The standard InChI is InChI=1S/C5H11FO4S/c1-9-2-3-10-4-5-11(6,7)8/h2-5H2,1H3. The van der Waals surface area contributed by atoms with Crippen LogP contribution in [0.3, 0.4) is 0 Å².